The summed E-state index contributed by atoms with van der Waals surface area (Å²) in [5.41, 5.74) is 2.72. The molecule has 0 aliphatic carbocycles. The minimum absolute atomic E-state index is 0.395. The molecule has 23 heavy (non-hydrogen) atoms. The molecular weight excluding hydrogens is 284 g/mol. The van der Waals surface area contributed by atoms with Crippen LogP contribution in [0.25, 0.3) is 6.08 Å². The highest BCUT2D eigenvalue weighted by molar-refractivity contribution is 5.52. The smallest absolute Gasteiger partial charge is 0.0713 e. The van der Waals surface area contributed by atoms with Crippen molar-refractivity contribution >= 4 is 6.08 Å². The molecule has 0 amide bonds. The van der Waals surface area contributed by atoms with Crippen LogP contribution in [0.15, 0.2) is 35.9 Å². The zero-order valence-corrected chi connectivity index (χ0v) is 14.6. The Morgan fingerprint density at radius 1 is 1.22 bits per heavy atom. The maximum Gasteiger partial charge on any atom is 0.0713 e. The summed E-state index contributed by atoms with van der Waals surface area (Å²) in [5.74, 6) is 0. The standard InChI is InChI=1S/C20H30N2O/c1-17(12-18-8-4-3-5-9-18)14-22-16-20(23-2)13-19(22)15-21-10-6-7-11-21/h3-5,8-9,12,19-20H,6-7,10-11,13-16H2,1-2H3/b17-12+/t19-,20-/m0/s1. The van der Waals surface area contributed by atoms with Gasteiger partial charge >= 0.3 is 0 Å². The summed E-state index contributed by atoms with van der Waals surface area (Å²) in [5, 5.41) is 0. The lowest BCUT2D eigenvalue weighted by atomic mass is 10.1. The Balaban J connectivity index is 1.62. The van der Waals surface area contributed by atoms with E-state index in [2.05, 4.69) is 53.1 Å². The van der Waals surface area contributed by atoms with Crippen molar-refractivity contribution in [2.45, 2.75) is 38.3 Å². The Hall–Kier alpha value is -1.16. The molecule has 2 heterocycles. The molecule has 2 saturated heterocycles. The summed E-state index contributed by atoms with van der Waals surface area (Å²) < 4.78 is 5.66. The minimum Gasteiger partial charge on any atom is -0.380 e. The average Bonchev–Trinajstić information content (AvgIpc) is 3.19. The molecule has 2 aliphatic heterocycles. The van der Waals surface area contributed by atoms with Crippen molar-refractivity contribution in [2.24, 2.45) is 0 Å². The third kappa shape index (κ3) is 4.66. The number of hydrogen-bond donors (Lipinski definition) is 0. The number of hydrogen-bond acceptors (Lipinski definition) is 3. The first kappa shape index (κ1) is 16.7. The maximum absolute atomic E-state index is 5.66. The second kappa shape index (κ2) is 8.09. The summed E-state index contributed by atoms with van der Waals surface area (Å²) in [6.07, 6.45) is 6.62. The van der Waals surface area contributed by atoms with Crippen molar-refractivity contribution in [3.8, 4) is 0 Å². The highest BCUT2D eigenvalue weighted by Crippen LogP contribution is 2.24. The van der Waals surface area contributed by atoms with E-state index in [-0.39, 0.29) is 0 Å². The van der Waals surface area contributed by atoms with Gasteiger partial charge in [0, 0.05) is 32.8 Å². The third-order valence-electron chi connectivity index (χ3n) is 5.16. The molecule has 2 fully saturated rings. The summed E-state index contributed by atoms with van der Waals surface area (Å²) in [6, 6.07) is 11.3. The maximum atomic E-state index is 5.66. The molecule has 3 nitrogen and oxygen atoms in total. The molecule has 0 unspecified atom stereocenters. The van der Waals surface area contributed by atoms with Gasteiger partial charge in [-0.2, -0.15) is 0 Å². The van der Waals surface area contributed by atoms with Crippen LogP contribution < -0.4 is 0 Å². The quantitative estimate of drug-likeness (QED) is 0.801. The Kier molecular flexibility index (Phi) is 5.87. The molecule has 0 N–H and O–H groups in total. The van der Waals surface area contributed by atoms with Crippen LogP contribution in [0, 0.1) is 0 Å². The zero-order valence-electron chi connectivity index (χ0n) is 14.6. The average molecular weight is 314 g/mol. The van der Waals surface area contributed by atoms with Crippen LogP contribution in [0.1, 0.15) is 31.7 Å². The van der Waals surface area contributed by atoms with Crippen molar-refractivity contribution in [3.63, 3.8) is 0 Å². The van der Waals surface area contributed by atoms with Gasteiger partial charge in [-0.05, 0) is 44.8 Å². The van der Waals surface area contributed by atoms with Crippen molar-refractivity contribution in [2.75, 3.05) is 39.8 Å². The summed E-state index contributed by atoms with van der Waals surface area (Å²) >= 11 is 0. The lowest BCUT2D eigenvalue weighted by Gasteiger charge is -2.28. The predicted octanol–water partition coefficient (Wildman–Crippen LogP) is 3.28. The SMILES string of the molecule is CO[C@H]1C[C@@H](CN2CCCC2)N(C/C(C)=C/c2ccccc2)C1. The Morgan fingerprint density at radius 2 is 1.96 bits per heavy atom. The van der Waals surface area contributed by atoms with E-state index < -0.39 is 0 Å². The summed E-state index contributed by atoms with van der Waals surface area (Å²) in [4.78, 5) is 5.26. The largest absolute Gasteiger partial charge is 0.380 e. The van der Waals surface area contributed by atoms with Crippen molar-refractivity contribution < 1.29 is 4.74 Å². The number of nitrogens with zero attached hydrogens (tertiary/aromatic N) is 2. The molecule has 2 atom stereocenters. The number of rotatable bonds is 6. The van der Waals surface area contributed by atoms with Gasteiger partial charge in [-0.15, -0.1) is 0 Å². The van der Waals surface area contributed by atoms with Crippen molar-refractivity contribution in [3.05, 3.63) is 41.5 Å². The molecule has 0 saturated carbocycles. The Morgan fingerprint density at radius 3 is 2.65 bits per heavy atom. The lowest BCUT2D eigenvalue weighted by Crippen LogP contribution is -2.40. The van der Waals surface area contributed by atoms with E-state index in [0.717, 1.165) is 13.1 Å². The Bertz CT molecular complexity index is 508. The van der Waals surface area contributed by atoms with E-state index in [1.807, 2.05) is 7.11 Å². The van der Waals surface area contributed by atoms with Crippen LogP contribution in [0.3, 0.4) is 0 Å². The monoisotopic (exact) mass is 314 g/mol. The molecule has 0 aromatic heterocycles. The molecule has 2 aliphatic rings. The normalized spacial score (nSPS) is 27.0. The van der Waals surface area contributed by atoms with Gasteiger partial charge in [-0.25, -0.2) is 0 Å². The molecule has 0 bridgehead atoms. The van der Waals surface area contributed by atoms with Crippen molar-refractivity contribution in [1.29, 1.82) is 0 Å². The van der Waals surface area contributed by atoms with E-state index in [1.165, 1.54) is 50.0 Å². The van der Waals surface area contributed by atoms with Crippen LogP contribution >= 0.6 is 0 Å². The van der Waals surface area contributed by atoms with Gasteiger partial charge in [0.15, 0.2) is 0 Å². The van der Waals surface area contributed by atoms with Crippen LogP contribution in [0.4, 0.5) is 0 Å². The first-order valence-corrected chi connectivity index (χ1v) is 8.96. The van der Waals surface area contributed by atoms with Gasteiger partial charge < -0.3 is 9.64 Å². The highest BCUT2D eigenvalue weighted by Gasteiger charge is 2.33. The molecule has 3 heteroatoms. The minimum atomic E-state index is 0.395. The molecule has 126 valence electrons. The predicted molar refractivity (Wildman–Crippen MR) is 96.5 cm³/mol. The summed E-state index contributed by atoms with van der Waals surface area (Å²) in [6.45, 7) is 8.13. The van der Waals surface area contributed by atoms with Crippen molar-refractivity contribution in [1.82, 2.24) is 9.80 Å². The fourth-order valence-electron chi connectivity index (χ4n) is 3.96. The van der Waals surface area contributed by atoms with Gasteiger partial charge in [-0.3, -0.25) is 4.90 Å². The molecule has 1 aromatic carbocycles. The molecular formula is C20H30N2O. The lowest BCUT2D eigenvalue weighted by molar-refractivity contribution is 0.109. The van der Waals surface area contributed by atoms with Crippen LogP contribution in [-0.2, 0) is 4.74 Å². The van der Waals surface area contributed by atoms with E-state index in [4.69, 9.17) is 4.74 Å². The van der Waals surface area contributed by atoms with Gasteiger partial charge in [0.25, 0.3) is 0 Å². The van der Waals surface area contributed by atoms with E-state index in [1.54, 1.807) is 0 Å². The van der Waals surface area contributed by atoms with E-state index >= 15 is 0 Å². The zero-order chi connectivity index (χ0) is 16.1. The second-order valence-corrected chi connectivity index (χ2v) is 7.09. The second-order valence-electron chi connectivity index (χ2n) is 7.09. The number of ether oxygens (including phenoxy) is 1. The highest BCUT2D eigenvalue weighted by atomic mass is 16.5. The molecule has 0 spiro atoms. The molecule has 3 rings (SSSR count). The number of benzene rings is 1. The fraction of sp³-hybridized carbons (Fsp3) is 0.600. The summed E-state index contributed by atoms with van der Waals surface area (Å²) in [7, 11) is 1.85. The number of methoxy groups -OCH3 is 1. The fourth-order valence-corrected chi connectivity index (χ4v) is 3.96. The van der Waals surface area contributed by atoms with Crippen LogP contribution in [0.2, 0.25) is 0 Å². The van der Waals surface area contributed by atoms with Gasteiger partial charge in [0.1, 0.15) is 0 Å². The van der Waals surface area contributed by atoms with Gasteiger partial charge in [0.2, 0.25) is 0 Å². The van der Waals surface area contributed by atoms with Crippen LogP contribution in [0.5, 0.6) is 0 Å². The number of likely N-dealkylation sites (tertiary alicyclic amines) is 2. The molecule has 0 radical (unpaired) electrons. The first-order valence-electron chi connectivity index (χ1n) is 8.96. The van der Waals surface area contributed by atoms with Gasteiger partial charge in [0.05, 0.1) is 6.10 Å². The Labute approximate surface area is 140 Å². The first-order chi connectivity index (χ1) is 11.2. The molecule has 1 aromatic rings. The topological polar surface area (TPSA) is 15.7 Å². The van der Waals surface area contributed by atoms with Crippen LogP contribution in [-0.4, -0.2) is 61.8 Å². The van der Waals surface area contributed by atoms with E-state index in [9.17, 15) is 0 Å². The van der Waals surface area contributed by atoms with Gasteiger partial charge in [-0.1, -0.05) is 42.0 Å². The van der Waals surface area contributed by atoms with E-state index in [0.29, 0.717) is 12.1 Å². The third-order valence-corrected chi connectivity index (χ3v) is 5.16.